The average molecular weight is 255 g/mol. The van der Waals surface area contributed by atoms with E-state index in [1.165, 1.54) is 0 Å². The van der Waals surface area contributed by atoms with E-state index in [1.54, 1.807) is 4.52 Å². The second-order valence-corrected chi connectivity index (χ2v) is 4.94. The van der Waals surface area contributed by atoms with E-state index < -0.39 is 0 Å². The number of nitrogens with two attached hydrogens (primary N) is 1. The summed E-state index contributed by atoms with van der Waals surface area (Å²) in [4.78, 5) is 0. The van der Waals surface area contributed by atoms with Crippen LogP contribution < -0.4 is 5.73 Å². The van der Waals surface area contributed by atoms with Crippen molar-refractivity contribution >= 4 is 16.4 Å². The summed E-state index contributed by atoms with van der Waals surface area (Å²) in [5.41, 5.74) is 7.01. The average Bonchev–Trinajstić information content (AvgIpc) is 2.89. The third kappa shape index (κ3) is 1.86. The molecule has 0 amide bonds. The molecule has 0 saturated heterocycles. The lowest BCUT2D eigenvalue weighted by atomic mass is 10.00. The van der Waals surface area contributed by atoms with Crippen LogP contribution in [0.3, 0.4) is 0 Å². The Hall–Kier alpha value is -2.01. The van der Waals surface area contributed by atoms with Crippen molar-refractivity contribution in [3.8, 4) is 0 Å². The first-order valence-electron chi connectivity index (χ1n) is 6.57. The quantitative estimate of drug-likeness (QED) is 0.779. The van der Waals surface area contributed by atoms with Crippen molar-refractivity contribution in [3.05, 3.63) is 36.3 Å². The van der Waals surface area contributed by atoms with Crippen molar-refractivity contribution in [2.75, 3.05) is 0 Å². The molecule has 5 heteroatoms. The van der Waals surface area contributed by atoms with E-state index >= 15 is 0 Å². The van der Waals surface area contributed by atoms with Crippen molar-refractivity contribution in [2.24, 2.45) is 11.7 Å². The third-order valence-corrected chi connectivity index (χ3v) is 3.73. The molecule has 2 heterocycles. The SMILES string of the molecule is CCC(C)C(N)c1nnc2c3ccccc3cnn12. The molecule has 2 N–H and O–H groups in total. The number of nitrogens with zero attached hydrogens (tertiary/aromatic N) is 4. The fraction of sp³-hybridized carbons (Fsp3) is 0.357. The van der Waals surface area contributed by atoms with Crippen LogP contribution in [0.4, 0.5) is 0 Å². The van der Waals surface area contributed by atoms with Crippen LogP contribution in [-0.4, -0.2) is 19.8 Å². The fourth-order valence-corrected chi connectivity index (χ4v) is 2.22. The van der Waals surface area contributed by atoms with Crippen molar-refractivity contribution in [2.45, 2.75) is 26.3 Å². The second-order valence-electron chi connectivity index (χ2n) is 4.94. The lowest BCUT2D eigenvalue weighted by Gasteiger charge is -2.15. The zero-order valence-electron chi connectivity index (χ0n) is 11.1. The van der Waals surface area contributed by atoms with Gasteiger partial charge in [0, 0.05) is 10.8 Å². The van der Waals surface area contributed by atoms with Gasteiger partial charge in [-0.3, -0.25) is 0 Å². The fourth-order valence-electron chi connectivity index (χ4n) is 2.22. The lowest BCUT2D eigenvalue weighted by molar-refractivity contribution is 0.432. The number of aromatic nitrogens is 4. The largest absolute Gasteiger partial charge is 0.321 e. The van der Waals surface area contributed by atoms with Crippen LogP contribution in [0.15, 0.2) is 30.5 Å². The van der Waals surface area contributed by atoms with Gasteiger partial charge in [0.25, 0.3) is 0 Å². The van der Waals surface area contributed by atoms with Gasteiger partial charge in [-0.15, -0.1) is 10.2 Å². The molecule has 2 atom stereocenters. The first-order chi connectivity index (χ1) is 9.22. The van der Waals surface area contributed by atoms with E-state index in [-0.39, 0.29) is 6.04 Å². The molecular weight excluding hydrogens is 238 g/mol. The minimum atomic E-state index is -0.145. The molecule has 2 aromatic heterocycles. The highest BCUT2D eigenvalue weighted by Gasteiger charge is 2.20. The first-order valence-corrected chi connectivity index (χ1v) is 6.57. The summed E-state index contributed by atoms with van der Waals surface area (Å²) < 4.78 is 1.76. The molecule has 2 unspecified atom stereocenters. The molecule has 3 rings (SSSR count). The van der Waals surface area contributed by atoms with Crippen LogP contribution in [0.2, 0.25) is 0 Å². The van der Waals surface area contributed by atoms with Gasteiger partial charge in [-0.25, -0.2) is 0 Å². The van der Waals surface area contributed by atoms with Gasteiger partial charge in [0.05, 0.1) is 12.2 Å². The Labute approximate surface area is 111 Å². The molecule has 1 aromatic carbocycles. The molecule has 19 heavy (non-hydrogen) atoms. The van der Waals surface area contributed by atoms with Gasteiger partial charge in [0.2, 0.25) is 0 Å². The summed E-state index contributed by atoms with van der Waals surface area (Å²) in [7, 11) is 0. The summed E-state index contributed by atoms with van der Waals surface area (Å²) in [5.74, 6) is 1.08. The van der Waals surface area contributed by atoms with Gasteiger partial charge in [0.15, 0.2) is 11.5 Å². The third-order valence-electron chi connectivity index (χ3n) is 3.73. The van der Waals surface area contributed by atoms with E-state index in [4.69, 9.17) is 5.73 Å². The van der Waals surface area contributed by atoms with Crippen LogP contribution in [0.5, 0.6) is 0 Å². The van der Waals surface area contributed by atoms with E-state index in [0.29, 0.717) is 5.92 Å². The minimum absolute atomic E-state index is 0.145. The van der Waals surface area contributed by atoms with E-state index in [1.807, 2.05) is 30.5 Å². The Bertz CT molecular complexity index is 718. The summed E-state index contributed by atoms with van der Waals surface area (Å²) in [6.45, 7) is 4.24. The van der Waals surface area contributed by atoms with Crippen LogP contribution >= 0.6 is 0 Å². The van der Waals surface area contributed by atoms with Crippen LogP contribution in [0, 0.1) is 5.92 Å². The summed E-state index contributed by atoms with van der Waals surface area (Å²) in [5, 5.41) is 15.0. The molecule has 98 valence electrons. The summed E-state index contributed by atoms with van der Waals surface area (Å²) in [6, 6.07) is 7.88. The van der Waals surface area contributed by atoms with Gasteiger partial charge in [-0.2, -0.15) is 9.61 Å². The van der Waals surface area contributed by atoms with Crippen molar-refractivity contribution in [3.63, 3.8) is 0 Å². The maximum atomic E-state index is 6.24. The molecule has 0 aliphatic rings. The van der Waals surface area contributed by atoms with E-state index in [2.05, 4.69) is 29.1 Å². The molecule has 5 nitrogen and oxygen atoms in total. The molecule has 0 saturated carbocycles. The maximum Gasteiger partial charge on any atom is 0.185 e. The van der Waals surface area contributed by atoms with Crippen LogP contribution in [0.1, 0.15) is 32.1 Å². The van der Waals surface area contributed by atoms with Crippen LogP contribution in [-0.2, 0) is 0 Å². The van der Waals surface area contributed by atoms with Gasteiger partial charge >= 0.3 is 0 Å². The number of hydrogen-bond donors (Lipinski definition) is 1. The zero-order valence-corrected chi connectivity index (χ0v) is 11.1. The van der Waals surface area contributed by atoms with Crippen molar-refractivity contribution < 1.29 is 0 Å². The van der Waals surface area contributed by atoms with Crippen molar-refractivity contribution in [1.29, 1.82) is 0 Å². The van der Waals surface area contributed by atoms with Gasteiger partial charge < -0.3 is 5.73 Å². The minimum Gasteiger partial charge on any atom is -0.321 e. The molecular formula is C14H17N5. The van der Waals surface area contributed by atoms with Crippen molar-refractivity contribution in [1.82, 2.24) is 19.8 Å². The van der Waals surface area contributed by atoms with Gasteiger partial charge in [-0.1, -0.05) is 44.5 Å². The number of rotatable bonds is 3. The topological polar surface area (TPSA) is 69.1 Å². The maximum absolute atomic E-state index is 6.24. The Kier molecular flexibility index (Phi) is 2.91. The predicted octanol–water partition coefficient (Wildman–Crippen LogP) is 2.32. The summed E-state index contributed by atoms with van der Waals surface area (Å²) in [6.07, 6.45) is 2.84. The zero-order chi connectivity index (χ0) is 13.4. The molecule has 0 radical (unpaired) electrons. The van der Waals surface area contributed by atoms with Gasteiger partial charge in [-0.05, 0) is 5.92 Å². The molecule has 0 spiro atoms. The lowest BCUT2D eigenvalue weighted by Crippen LogP contribution is -2.21. The Morgan fingerprint density at radius 2 is 2.05 bits per heavy atom. The normalized spacial score (nSPS) is 14.9. The monoisotopic (exact) mass is 255 g/mol. The Balaban J connectivity index is 2.21. The van der Waals surface area contributed by atoms with Gasteiger partial charge in [0.1, 0.15) is 0 Å². The molecule has 3 aromatic rings. The number of hydrogen-bond acceptors (Lipinski definition) is 4. The highest BCUT2D eigenvalue weighted by Crippen LogP contribution is 2.23. The van der Waals surface area contributed by atoms with E-state index in [9.17, 15) is 0 Å². The number of benzene rings is 1. The number of fused-ring (bicyclic) bond motifs is 3. The standard InChI is InChI=1S/C14H17N5/c1-3-9(2)12(15)14-18-17-13-11-7-5-4-6-10(11)8-16-19(13)14/h4-9,12H,3,15H2,1-2H3. The second kappa shape index (κ2) is 4.59. The molecule has 0 fully saturated rings. The highest BCUT2D eigenvalue weighted by atomic mass is 15.4. The molecule has 0 aliphatic carbocycles. The Morgan fingerprint density at radius 1 is 1.26 bits per heavy atom. The van der Waals surface area contributed by atoms with Crippen LogP contribution in [0.25, 0.3) is 16.4 Å². The predicted molar refractivity (Wildman–Crippen MR) is 74.7 cm³/mol. The smallest absolute Gasteiger partial charge is 0.185 e. The molecule has 0 bridgehead atoms. The summed E-state index contributed by atoms with van der Waals surface area (Å²) >= 11 is 0. The first kappa shape index (κ1) is 12.0. The highest BCUT2D eigenvalue weighted by molar-refractivity contribution is 5.92. The Morgan fingerprint density at radius 3 is 2.84 bits per heavy atom. The van der Waals surface area contributed by atoms with E-state index in [0.717, 1.165) is 28.7 Å². The molecule has 0 aliphatic heterocycles.